The topological polar surface area (TPSA) is 134 Å². The number of thioether (sulfide) groups is 1. The summed E-state index contributed by atoms with van der Waals surface area (Å²) in [6.07, 6.45) is 1.78. The highest BCUT2D eigenvalue weighted by Crippen LogP contribution is 2.22. The molecular weight excluding hydrogens is 364 g/mol. The Balaban J connectivity index is 1.57. The highest BCUT2D eigenvalue weighted by molar-refractivity contribution is 7.99. The van der Waals surface area contributed by atoms with Crippen LogP contribution in [-0.2, 0) is 14.8 Å². The number of hydrogen-bond donors (Lipinski definition) is 3. The van der Waals surface area contributed by atoms with E-state index in [1.165, 1.54) is 16.4 Å². The van der Waals surface area contributed by atoms with Crippen LogP contribution in [0.2, 0.25) is 0 Å². The molecule has 0 atom stereocenters. The van der Waals surface area contributed by atoms with E-state index in [4.69, 9.17) is 5.73 Å². The van der Waals surface area contributed by atoms with Gasteiger partial charge in [-0.3, -0.25) is 4.79 Å². The van der Waals surface area contributed by atoms with Crippen molar-refractivity contribution in [2.45, 2.75) is 22.9 Å². The van der Waals surface area contributed by atoms with Crippen molar-refractivity contribution in [2.24, 2.45) is 0 Å². The maximum absolute atomic E-state index is 12.4. The zero-order chi connectivity index (χ0) is 17.9. The molecule has 0 spiro atoms. The van der Waals surface area contributed by atoms with Gasteiger partial charge >= 0.3 is 0 Å². The Hall–Kier alpha value is -2.11. The number of nitrogen functional groups attached to an aromatic ring is 1. The molecule has 1 aromatic heterocycles. The quantitative estimate of drug-likeness (QED) is 0.632. The molecule has 1 aliphatic heterocycles. The van der Waals surface area contributed by atoms with E-state index in [9.17, 15) is 13.2 Å². The van der Waals surface area contributed by atoms with Crippen molar-refractivity contribution in [1.29, 1.82) is 0 Å². The summed E-state index contributed by atoms with van der Waals surface area (Å²) in [6, 6.07) is 6.17. The van der Waals surface area contributed by atoms with Gasteiger partial charge in [-0.05, 0) is 37.1 Å². The van der Waals surface area contributed by atoms with Crippen molar-refractivity contribution in [3.63, 3.8) is 0 Å². The predicted octanol–water partition coefficient (Wildman–Crippen LogP) is 0.902. The predicted molar refractivity (Wildman–Crippen MR) is 94.6 cm³/mol. The zero-order valence-electron chi connectivity index (χ0n) is 13.3. The van der Waals surface area contributed by atoms with Crippen LogP contribution in [0.5, 0.6) is 0 Å². The van der Waals surface area contributed by atoms with Gasteiger partial charge in [0.1, 0.15) is 0 Å². The summed E-state index contributed by atoms with van der Waals surface area (Å²) in [6.45, 7) is 1.12. The Morgan fingerprint density at radius 2 is 1.96 bits per heavy atom. The summed E-state index contributed by atoms with van der Waals surface area (Å²) in [7, 11) is -3.44. The van der Waals surface area contributed by atoms with Gasteiger partial charge in [-0.15, -0.1) is 5.10 Å². The van der Waals surface area contributed by atoms with Crippen LogP contribution >= 0.6 is 11.8 Å². The lowest BCUT2D eigenvalue weighted by Gasteiger charge is -2.15. The summed E-state index contributed by atoms with van der Waals surface area (Å²) in [5, 5.41) is 9.40. The number of sulfonamides is 1. The maximum Gasteiger partial charge on any atom is 0.243 e. The molecule has 0 bridgehead atoms. The smallest absolute Gasteiger partial charge is 0.243 e. The number of H-pyrrole nitrogens is 1. The van der Waals surface area contributed by atoms with Crippen LogP contribution in [0, 0.1) is 0 Å². The van der Waals surface area contributed by atoms with Crippen molar-refractivity contribution >= 4 is 39.3 Å². The largest absolute Gasteiger partial charge is 0.368 e. The lowest BCUT2D eigenvalue weighted by Crippen LogP contribution is -2.27. The van der Waals surface area contributed by atoms with Crippen molar-refractivity contribution in [3.05, 3.63) is 24.3 Å². The second-order valence-electron chi connectivity index (χ2n) is 5.48. The molecule has 0 saturated carbocycles. The summed E-state index contributed by atoms with van der Waals surface area (Å²) < 4.78 is 26.4. The van der Waals surface area contributed by atoms with Crippen molar-refractivity contribution < 1.29 is 13.2 Å². The van der Waals surface area contributed by atoms with E-state index in [1.807, 2.05) is 0 Å². The van der Waals surface area contributed by atoms with Gasteiger partial charge in [-0.1, -0.05) is 11.8 Å². The summed E-state index contributed by atoms with van der Waals surface area (Å²) in [4.78, 5) is 16.1. The number of anilines is 2. The zero-order valence-corrected chi connectivity index (χ0v) is 14.9. The lowest BCUT2D eigenvalue weighted by molar-refractivity contribution is -0.113. The van der Waals surface area contributed by atoms with Gasteiger partial charge in [-0.25, -0.2) is 13.5 Å². The van der Waals surface area contributed by atoms with Gasteiger partial charge in [0.2, 0.25) is 27.0 Å². The Kier molecular flexibility index (Phi) is 5.25. The molecule has 9 nitrogen and oxygen atoms in total. The fraction of sp³-hybridized carbons (Fsp3) is 0.357. The second-order valence-corrected chi connectivity index (χ2v) is 8.36. The number of benzene rings is 1. The third-order valence-electron chi connectivity index (χ3n) is 3.66. The normalized spacial score (nSPS) is 15.4. The standard InChI is InChI=1S/C14H18N6O3S2/c15-13-17-14(19-18-13)24-9-12(21)16-10-3-5-11(6-4-10)25(22,23)20-7-1-2-8-20/h3-6H,1-2,7-9H2,(H,16,21)(H3,15,17,18,19). The Morgan fingerprint density at radius 3 is 2.56 bits per heavy atom. The van der Waals surface area contributed by atoms with E-state index in [0.717, 1.165) is 24.6 Å². The van der Waals surface area contributed by atoms with Crippen LogP contribution in [0.25, 0.3) is 0 Å². The lowest BCUT2D eigenvalue weighted by atomic mass is 10.3. The highest BCUT2D eigenvalue weighted by Gasteiger charge is 2.26. The molecule has 2 heterocycles. The molecule has 134 valence electrons. The van der Waals surface area contributed by atoms with E-state index in [0.29, 0.717) is 23.9 Å². The number of aromatic nitrogens is 3. The molecule has 11 heteroatoms. The number of nitrogens with two attached hydrogens (primary N) is 1. The number of hydrogen-bond acceptors (Lipinski definition) is 7. The van der Waals surface area contributed by atoms with Crippen LogP contribution in [-0.4, -0.2) is 52.7 Å². The van der Waals surface area contributed by atoms with E-state index in [-0.39, 0.29) is 22.5 Å². The first-order valence-electron chi connectivity index (χ1n) is 7.66. The minimum absolute atomic E-state index is 0.116. The minimum atomic E-state index is -3.44. The average Bonchev–Trinajstić information content (AvgIpc) is 3.25. The highest BCUT2D eigenvalue weighted by atomic mass is 32.2. The molecule has 0 aliphatic carbocycles. The third-order valence-corrected chi connectivity index (χ3v) is 6.42. The fourth-order valence-electron chi connectivity index (χ4n) is 2.44. The number of nitrogens with zero attached hydrogens (tertiary/aromatic N) is 3. The molecule has 1 aliphatic rings. The number of carbonyl (C=O) groups is 1. The number of rotatable bonds is 6. The van der Waals surface area contributed by atoms with E-state index in [2.05, 4.69) is 20.5 Å². The molecule has 1 aromatic carbocycles. The second kappa shape index (κ2) is 7.42. The molecule has 3 rings (SSSR count). The Morgan fingerprint density at radius 1 is 1.28 bits per heavy atom. The molecule has 25 heavy (non-hydrogen) atoms. The van der Waals surface area contributed by atoms with Crippen LogP contribution in [0.3, 0.4) is 0 Å². The first-order chi connectivity index (χ1) is 11.9. The van der Waals surface area contributed by atoms with Gasteiger partial charge in [0.25, 0.3) is 0 Å². The molecule has 1 amide bonds. The van der Waals surface area contributed by atoms with Gasteiger partial charge < -0.3 is 11.1 Å². The van der Waals surface area contributed by atoms with Crippen molar-refractivity contribution in [3.8, 4) is 0 Å². The molecule has 1 saturated heterocycles. The number of aromatic amines is 1. The van der Waals surface area contributed by atoms with Gasteiger partial charge in [-0.2, -0.15) is 9.29 Å². The maximum atomic E-state index is 12.4. The fourth-order valence-corrected chi connectivity index (χ4v) is 4.56. The molecule has 1 fully saturated rings. The van der Waals surface area contributed by atoms with Gasteiger partial charge in [0.05, 0.1) is 10.6 Å². The SMILES string of the molecule is Nc1nc(SCC(=O)Nc2ccc(S(=O)(=O)N3CCCC3)cc2)n[nH]1. The molecule has 4 N–H and O–H groups in total. The summed E-state index contributed by atoms with van der Waals surface area (Å²) in [5.74, 6) is 0.0618. The molecular formula is C14H18N6O3S2. The van der Waals surface area contributed by atoms with Gasteiger partial charge in [0, 0.05) is 18.8 Å². The Labute approximate surface area is 149 Å². The number of carbonyl (C=O) groups excluding carboxylic acids is 1. The van der Waals surface area contributed by atoms with Crippen LogP contribution < -0.4 is 11.1 Å². The molecule has 2 aromatic rings. The average molecular weight is 382 g/mol. The number of amides is 1. The first kappa shape index (κ1) is 17.7. The first-order valence-corrected chi connectivity index (χ1v) is 10.1. The van der Waals surface area contributed by atoms with Crippen LogP contribution in [0.15, 0.2) is 34.3 Å². The van der Waals surface area contributed by atoms with E-state index in [1.54, 1.807) is 12.1 Å². The molecule has 0 unspecified atom stereocenters. The van der Waals surface area contributed by atoms with E-state index >= 15 is 0 Å². The van der Waals surface area contributed by atoms with Crippen molar-refractivity contribution in [1.82, 2.24) is 19.5 Å². The third kappa shape index (κ3) is 4.30. The van der Waals surface area contributed by atoms with Gasteiger partial charge in [0.15, 0.2) is 0 Å². The van der Waals surface area contributed by atoms with E-state index < -0.39 is 10.0 Å². The Bertz CT molecular complexity index is 844. The van der Waals surface area contributed by atoms with Crippen molar-refractivity contribution in [2.75, 3.05) is 29.9 Å². The molecule has 0 radical (unpaired) electrons. The van der Waals surface area contributed by atoms with Crippen LogP contribution in [0.1, 0.15) is 12.8 Å². The monoisotopic (exact) mass is 382 g/mol. The van der Waals surface area contributed by atoms with Crippen LogP contribution in [0.4, 0.5) is 11.6 Å². The summed E-state index contributed by atoms with van der Waals surface area (Å²) in [5.41, 5.74) is 5.94. The summed E-state index contributed by atoms with van der Waals surface area (Å²) >= 11 is 1.14. The minimum Gasteiger partial charge on any atom is -0.368 e. The number of nitrogens with one attached hydrogen (secondary N) is 2.